The smallest absolute Gasteiger partial charge is 0.255 e. The van der Waals surface area contributed by atoms with Gasteiger partial charge < -0.3 is 10.2 Å². The van der Waals surface area contributed by atoms with Gasteiger partial charge in [-0.05, 0) is 40.8 Å². The van der Waals surface area contributed by atoms with E-state index in [4.69, 9.17) is 11.6 Å². The van der Waals surface area contributed by atoms with Crippen molar-refractivity contribution in [3.63, 3.8) is 0 Å². The molecule has 1 aromatic heterocycles. The maximum Gasteiger partial charge on any atom is 0.255 e. The summed E-state index contributed by atoms with van der Waals surface area (Å²) >= 11 is 7.47. The molecule has 1 N–H and O–H groups in total. The highest BCUT2D eigenvalue weighted by Crippen LogP contribution is 2.35. The number of rotatable bonds is 6. The molecule has 142 valence electrons. The summed E-state index contributed by atoms with van der Waals surface area (Å²) < 4.78 is 0. The van der Waals surface area contributed by atoms with Gasteiger partial charge in [-0.25, -0.2) is 0 Å². The molecule has 2 aromatic carbocycles. The first kappa shape index (κ1) is 18.7. The van der Waals surface area contributed by atoms with Gasteiger partial charge in [0.15, 0.2) is 0 Å². The average molecular weight is 411 g/mol. The third-order valence-electron chi connectivity index (χ3n) is 4.88. The summed E-state index contributed by atoms with van der Waals surface area (Å²) in [6, 6.07) is 18.7. The Kier molecular flexibility index (Phi) is 5.46. The minimum atomic E-state index is -0.273. The van der Waals surface area contributed by atoms with E-state index in [0.717, 1.165) is 21.6 Å². The van der Waals surface area contributed by atoms with Gasteiger partial charge >= 0.3 is 0 Å². The van der Waals surface area contributed by atoms with Gasteiger partial charge in [-0.15, -0.1) is 11.3 Å². The molecular weight excluding hydrogens is 392 g/mol. The van der Waals surface area contributed by atoms with E-state index in [9.17, 15) is 9.59 Å². The fraction of sp³-hybridized carbons (Fsp3) is 0.182. The Hall–Kier alpha value is -2.63. The summed E-state index contributed by atoms with van der Waals surface area (Å²) in [5.41, 5.74) is 2.72. The summed E-state index contributed by atoms with van der Waals surface area (Å²) in [4.78, 5) is 28.4. The average Bonchev–Trinajstić information content (AvgIpc) is 3.35. The van der Waals surface area contributed by atoms with Crippen LogP contribution in [0.2, 0.25) is 5.02 Å². The van der Waals surface area contributed by atoms with Gasteiger partial charge in [-0.3, -0.25) is 9.59 Å². The molecule has 2 amide bonds. The van der Waals surface area contributed by atoms with Crippen molar-refractivity contribution in [3.05, 3.63) is 92.6 Å². The molecule has 4 rings (SSSR count). The largest absolute Gasteiger partial charge is 0.352 e. The van der Waals surface area contributed by atoms with Crippen LogP contribution in [-0.2, 0) is 17.9 Å². The highest BCUT2D eigenvalue weighted by molar-refractivity contribution is 7.10. The fourth-order valence-corrected chi connectivity index (χ4v) is 4.39. The number of halogens is 1. The van der Waals surface area contributed by atoms with Gasteiger partial charge in [-0.2, -0.15) is 0 Å². The highest BCUT2D eigenvalue weighted by atomic mass is 35.5. The lowest BCUT2D eigenvalue weighted by Crippen LogP contribution is -2.33. The van der Waals surface area contributed by atoms with Crippen LogP contribution >= 0.6 is 22.9 Å². The summed E-state index contributed by atoms with van der Waals surface area (Å²) in [6.45, 7) is 0.962. The molecule has 0 fully saturated rings. The first-order valence-corrected chi connectivity index (χ1v) is 10.3. The molecule has 2 heterocycles. The van der Waals surface area contributed by atoms with E-state index in [0.29, 0.717) is 18.1 Å². The Labute approximate surface area is 172 Å². The number of fused-ring (bicyclic) bond motifs is 1. The molecule has 28 heavy (non-hydrogen) atoms. The third-order valence-corrected chi connectivity index (χ3v) is 6.10. The number of nitrogens with one attached hydrogen (secondary N) is 1. The topological polar surface area (TPSA) is 49.4 Å². The minimum Gasteiger partial charge on any atom is -0.352 e. The lowest BCUT2D eigenvalue weighted by molar-refractivity contribution is -0.122. The number of hydrogen-bond acceptors (Lipinski definition) is 3. The fourth-order valence-electron chi connectivity index (χ4n) is 3.42. The van der Waals surface area contributed by atoms with Crippen LogP contribution in [0.25, 0.3) is 0 Å². The van der Waals surface area contributed by atoms with Crippen molar-refractivity contribution in [2.75, 3.05) is 0 Å². The predicted octanol–water partition coefficient (Wildman–Crippen LogP) is 4.81. The Balaban J connectivity index is 1.48. The highest BCUT2D eigenvalue weighted by Gasteiger charge is 2.34. The van der Waals surface area contributed by atoms with Crippen molar-refractivity contribution >= 4 is 34.8 Å². The number of hydrogen-bond donors (Lipinski definition) is 1. The van der Waals surface area contributed by atoms with Crippen molar-refractivity contribution < 1.29 is 9.59 Å². The number of carbonyl (C=O) groups is 2. The lowest BCUT2D eigenvalue weighted by atomic mass is 10.1. The zero-order valence-corrected chi connectivity index (χ0v) is 16.7. The molecule has 1 atom stereocenters. The number of thiophene rings is 1. The number of amides is 2. The molecule has 4 nitrogen and oxygen atoms in total. The molecule has 6 heteroatoms. The molecule has 0 spiro atoms. The molecule has 0 radical (unpaired) electrons. The molecule has 0 saturated heterocycles. The van der Waals surface area contributed by atoms with E-state index in [2.05, 4.69) is 5.32 Å². The maximum atomic E-state index is 12.9. The van der Waals surface area contributed by atoms with Crippen molar-refractivity contribution in [1.29, 1.82) is 0 Å². The van der Waals surface area contributed by atoms with Gasteiger partial charge in [0.2, 0.25) is 5.91 Å². The van der Waals surface area contributed by atoms with Gasteiger partial charge in [0.25, 0.3) is 5.91 Å². The molecule has 1 unspecified atom stereocenters. The Morgan fingerprint density at radius 3 is 2.61 bits per heavy atom. The second kappa shape index (κ2) is 8.17. The normalized spacial score (nSPS) is 14.0. The van der Waals surface area contributed by atoms with Crippen LogP contribution in [0.4, 0.5) is 0 Å². The van der Waals surface area contributed by atoms with Crippen molar-refractivity contribution in [2.45, 2.75) is 25.6 Å². The summed E-state index contributed by atoms with van der Waals surface area (Å²) in [5, 5.41) is 5.60. The Morgan fingerprint density at radius 1 is 1.11 bits per heavy atom. The van der Waals surface area contributed by atoms with Crippen molar-refractivity contribution in [2.24, 2.45) is 0 Å². The zero-order chi connectivity index (χ0) is 19.5. The van der Waals surface area contributed by atoms with Crippen LogP contribution in [0, 0.1) is 0 Å². The van der Waals surface area contributed by atoms with Crippen LogP contribution < -0.4 is 5.32 Å². The van der Waals surface area contributed by atoms with Gasteiger partial charge in [-0.1, -0.05) is 48.0 Å². The van der Waals surface area contributed by atoms with Gasteiger partial charge in [0.05, 0.1) is 12.5 Å². The van der Waals surface area contributed by atoms with Crippen LogP contribution in [0.15, 0.2) is 66.0 Å². The number of carbonyl (C=O) groups excluding carboxylic acids is 2. The monoisotopic (exact) mass is 410 g/mol. The Bertz CT molecular complexity index is 986. The predicted molar refractivity (Wildman–Crippen MR) is 111 cm³/mol. The lowest BCUT2D eigenvalue weighted by Gasteiger charge is -2.26. The van der Waals surface area contributed by atoms with Crippen LogP contribution in [0.3, 0.4) is 0 Å². The van der Waals surface area contributed by atoms with E-state index >= 15 is 0 Å². The molecule has 0 bridgehead atoms. The zero-order valence-electron chi connectivity index (χ0n) is 15.1. The SMILES string of the molecule is O=C(CC(c1cccs1)N1Cc2ccccc2C1=O)NCc1ccc(Cl)cc1. The second-order valence-corrected chi connectivity index (χ2v) is 8.14. The van der Waals surface area contributed by atoms with Gasteiger partial charge in [0.1, 0.15) is 0 Å². The second-order valence-electron chi connectivity index (χ2n) is 6.73. The molecule has 3 aromatic rings. The van der Waals surface area contributed by atoms with E-state index in [1.165, 1.54) is 0 Å². The number of nitrogens with zero attached hydrogens (tertiary/aromatic N) is 1. The van der Waals surface area contributed by atoms with E-state index in [1.54, 1.807) is 28.4 Å². The molecule has 1 aliphatic rings. The maximum absolute atomic E-state index is 12.9. The van der Waals surface area contributed by atoms with Crippen LogP contribution in [0.5, 0.6) is 0 Å². The minimum absolute atomic E-state index is 0.0144. The van der Waals surface area contributed by atoms with Crippen molar-refractivity contribution in [3.8, 4) is 0 Å². The first-order valence-electron chi connectivity index (χ1n) is 9.05. The quantitative estimate of drug-likeness (QED) is 0.634. The summed E-state index contributed by atoms with van der Waals surface area (Å²) in [5.74, 6) is -0.100. The van der Waals surface area contributed by atoms with Crippen molar-refractivity contribution in [1.82, 2.24) is 10.2 Å². The van der Waals surface area contributed by atoms with Gasteiger partial charge in [0, 0.05) is 28.6 Å². The summed E-state index contributed by atoms with van der Waals surface area (Å²) in [7, 11) is 0. The van der Waals surface area contributed by atoms with Crippen LogP contribution in [0.1, 0.15) is 38.8 Å². The molecular formula is C22H19ClN2O2S. The van der Waals surface area contributed by atoms with E-state index in [1.807, 2.05) is 53.9 Å². The first-order chi connectivity index (χ1) is 13.6. The standard InChI is InChI=1S/C22H19ClN2O2S/c23-17-9-7-15(8-10-17)13-24-21(26)12-19(20-6-3-11-28-20)25-14-16-4-1-2-5-18(16)22(25)27/h1-11,19H,12-14H2,(H,24,26). The molecule has 1 aliphatic heterocycles. The summed E-state index contributed by atoms with van der Waals surface area (Å²) in [6.07, 6.45) is 0.230. The Morgan fingerprint density at radius 2 is 1.89 bits per heavy atom. The third kappa shape index (κ3) is 3.96. The molecule has 0 aliphatic carbocycles. The molecule has 0 saturated carbocycles. The van der Waals surface area contributed by atoms with E-state index < -0.39 is 0 Å². The van der Waals surface area contributed by atoms with Crippen LogP contribution in [-0.4, -0.2) is 16.7 Å². The number of benzene rings is 2. The van der Waals surface area contributed by atoms with E-state index in [-0.39, 0.29) is 24.3 Å².